The van der Waals surface area contributed by atoms with Crippen molar-refractivity contribution >= 4 is 40.8 Å². The molecular weight excluding hydrogens is 430 g/mol. The molecule has 3 rings (SSSR count). The molecule has 3 aromatic rings. The van der Waals surface area contributed by atoms with Gasteiger partial charge in [0.25, 0.3) is 5.91 Å². The summed E-state index contributed by atoms with van der Waals surface area (Å²) >= 11 is 11.9. The summed E-state index contributed by atoms with van der Waals surface area (Å²) in [6.07, 6.45) is -1.06. The Kier molecular flexibility index (Phi) is 6.48. The maximum atomic E-state index is 13.2. The third-order valence-corrected chi connectivity index (χ3v) is 5.13. The molecule has 0 saturated heterocycles. The molecule has 0 aliphatic heterocycles. The summed E-state index contributed by atoms with van der Waals surface area (Å²) in [6, 6.07) is 12.3. The number of halogens is 3. The Bertz CT molecular complexity index is 1110. The van der Waals surface area contributed by atoms with Gasteiger partial charge in [0, 0.05) is 22.1 Å². The average molecular weight is 449 g/mol. The molecule has 1 atom stereocenters. The zero-order chi connectivity index (χ0) is 22.0. The molecule has 30 heavy (non-hydrogen) atoms. The predicted octanol–water partition coefficient (Wildman–Crippen LogP) is 5.72. The van der Waals surface area contributed by atoms with Crippen LogP contribution in [0.4, 0.5) is 10.1 Å². The third-order valence-electron chi connectivity index (χ3n) is 4.58. The zero-order valence-electron chi connectivity index (χ0n) is 16.5. The summed E-state index contributed by atoms with van der Waals surface area (Å²) in [4.78, 5) is 25.1. The summed E-state index contributed by atoms with van der Waals surface area (Å²) in [7, 11) is 0. The SMILES string of the molecule is Cc1cc(C(=O)OC(C)C(=O)Nc2ccc(Cl)cc2Cl)c(C)n1-c1ccc(F)cc1. The van der Waals surface area contributed by atoms with Crippen molar-refractivity contribution in [3.8, 4) is 5.69 Å². The van der Waals surface area contributed by atoms with Gasteiger partial charge in [0.2, 0.25) is 0 Å². The number of carbonyl (C=O) groups excluding carboxylic acids is 2. The van der Waals surface area contributed by atoms with Crippen molar-refractivity contribution in [3.05, 3.63) is 81.3 Å². The van der Waals surface area contributed by atoms with Gasteiger partial charge in [-0.3, -0.25) is 4.79 Å². The number of ether oxygens (including phenoxy) is 1. The molecule has 8 heteroatoms. The number of esters is 1. The molecule has 1 unspecified atom stereocenters. The number of hydrogen-bond donors (Lipinski definition) is 1. The van der Waals surface area contributed by atoms with E-state index in [4.69, 9.17) is 27.9 Å². The molecule has 0 spiro atoms. The molecule has 1 N–H and O–H groups in total. The van der Waals surface area contributed by atoms with E-state index in [1.54, 1.807) is 37.3 Å². The Morgan fingerprint density at radius 3 is 2.37 bits per heavy atom. The van der Waals surface area contributed by atoms with E-state index in [9.17, 15) is 14.0 Å². The van der Waals surface area contributed by atoms with Crippen LogP contribution in [0, 0.1) is 19.7 Å². The quantitative estimate of drug-likeness (QED) is 0.507. The number of hydrogen-bond acceptors (Lipinski definition) is 3. The Morgan fingerprint density at radius 2 is 1.73 bits per heavy atom. The molecule has 0 radical (unpaired) electrons. The van der Waals surface area contributed by atoms with Crippen molar-refractivity contribution < 1.29 is 18.7 Å². The zero-order valence-corrected chi connectivity index (χ0v) is 18.0. The fourth-order valence-electron chi connectivity index (χ4n) is 3.06. The fraction of sp³-hybridized carbons (Fsp3) is 0.182. The van der Waals surface area contributed by atoms with E-state index in [0.717, 1.165) is 5.69 Å². The van der Waals surface area contributed by atoms with Crippen LogP contribution in [0.5, 0.6) is 0 Å². The van der Waals surface area contributed by atoms with Crippen molar-refractivity contribution in [2.45, 2.75) is 26.9 Å². The monoisotopic (exact) mass is 448 g/mol. The maximum Gasteiger partial charge on any atom is 0.340 e. The number of rotatable bonds is 5. The summed E-state index contributed by atoms with van der Waals surface area (Å²) in [5.41, 5.74) is 2.80. The van der Waals surface area contributed by atoms with Crippen LogP contribution in [0.25, 0.3) is 5.69 Å². The van der Waals surface area contributed by atoms with Crippen LogP contribution in [-0.2, 0) is 9.53 Å². The van der Waals surface area contributed by atoms with Gasteiger partial charge in [0.05, 0.1) is 16.3 Å². The summed E-state index contributed by atoms with van der Waals surface area (Å²) in [6.45, 7) is 5.05. The first-order valence-corrected chi connectivity index (χ1v) is 9.84. The lowest BCUT2D eigenvalue weighted by Gasteiger charge is -2.15. The minimum Gasteiger partial charge on any atom is -0.449 e. The van der Waals surface area contributed by atoms with E-state index in [1.807, 2.05) is 11.5 Å². The molecule has 2 aromatic carbocycles. The van der Waals surface area contributed by atoms with Gasteiger partial charge in [-0.1, -0.05) is 23.2 Å². The number of anilines is 1. The van der Waals surface area contributed by atoms with Crippen LogP contribution in [-0.4, -0.2) is 22.5 Å². The second kappa shape index (κ2) is 8.90. The lowest BCUT2D eigenvalue weighted by molar-refractivity contribution is -0.123. The number of aryl methyl sites for hydroxylation is 1. The highest BCUT2D eigenvalue weighted by Crippen LogP contribution is 2.26. The first-order chi connectivity index (χ1) is 14.2. The van der Waals surface area contributed by atoms with Gasteiger partial charge in [-0.2, -0.15) is 0 Å². The Balaban J connectivity index is 1.74. The van der Waals surface area contributed by atoms with Crippen molar-refractivity contribution in [2.24, 2.45) is 0 Å². The number of nitrogens with zero attached hydrogens (tertiary/aromatic N) is 1. The summed E-state index contributed by atoms with van der Waals surface area (Å²) in [5, 5.41) is 3.32. The Morgan fingerprint density at radius 1 is 1.07 bits per heavy atom. The second-order valence-electron chi connectivity index (χ2n) is 6.76. The van der Waals surface area contributed by atoms with Gasteiger partial charge in [0.15, 0.2) is 6.10 Å². The largest absolute Gasteiger partial charge is 0.449 e. The smallest absolute Gasteiger partial charge is 0.340 e. The lowest BCUT2D eigenvalue weighted by Crippen LogP contribution is -2.30. The van der Waals surface area contributed by atoms with E-state index in [-0.39, 0.29) is 10.8 Å². The van der Waals surface area contributed by atoms with Gasteiger partial charge < -0.3 is 14.6 Å². The molecule has 5 nitrogen and oxygen atoms in total. The van der Waals surface area contributed by atoms with Crippen LogP contribution >= 0.6 is 23.2 Å². The van der Waals surface area contributed by atoms with Gasteiger partial charge >= 0.3 is 5.97 Å². The van der Waals surface area contributed by atoms with Gasteiger partial charge in [0.1, 0.15) is 5.82 Å². The van der Waals surface area contributed by atoms with Crippen LogP contribution in [0.3, 0.4) is 0 Å². The van der Waals surface area contributed by atoms with Crippen molar-refractivity contribution in [3.63, 3.8) is 0 Å². The predicted molar refractivity (Wildman–Crippen MR) is 115 cm³/mol. The Hall–Kier alpha value is -2.83. The van der Waals surface area contributed by atoms with E-state index in [2.05, 4.69) is 5.32 Å². The van der Waals surface area contributed by atoms with Gasteiger partial charge in [-0.05, 0) is 69.3 Å². The lowest BCUT2D eigenvalue weighted by atomic mass is 10.2. The first-order valence-electron chi connectivity index (χ1n) is 9.09. The minimum atomic E-state index is -1.06. The maximum absolute atomic E-state index is 13.2. The van der Waals surface area contributed by atoms with Crippen molar-refractivity contribution in [2.75, 3.05) is 5.32 Å². The summed E-state index contributed by atoms with van der Waals surface area (Å²) < 4.78 is 20.4. The molecule has 0 fully saturated rings. The topological polar surface area (TPSA) is 60.3 Å². The highest BCUT2D eigenvalue weighted by Gasteiger charge is 2.23. The van der Waals surface area contributed by atoms with E-state index >= 15 is 0 Å². The fourth-order valence-corrected chi connectivity index (χ4v) is 3.52. The standard InChI is InChI=1S/C22H19Cl2FN2O3/c1-12-10-18(13(2)27(12)17-7-5-16(25)6-8-17)22(29)30-14(3)21(28)26-20-9-4-15(23)11-19(20)24/h4-11,14H,1-3H3,(H,26,28). The molecule has 156 valence electrons. The van der Waals surface area contributed by atoms with Crippen LogP contribution in [0.2, 0.25) is 10.0 Å². The average Bonchev–Trinajstić information content (AvgIpc) is 2.99. The number of amides is 1. The molecule has 0 aliphatic carbocycles. The number of aromatic nitrogens is 1. The number of benzene rings is 2. The molecule has 0 saturated carbocycles. The number of nitrogens with one attached hydrogen (secondary N) is 1. The molecule has 1 aromatic heterocycles. The van der Waals surface area contributed by atoms with Crippen LogP contribution in [0.1, 0.15) is 28.7 Å². The first kappa shape index (κ1) is 21.9. The minimum absolute atomic E-state index is 0.275. The highest BCUT2D eigenvalue weighted by molar-refractivity contribution is 6.36. The molecule has 0 bridgehead atoms. The Labute approximate surface area is 183 Å². The van der Waals surface area contributed by atoms with Gasteiger partial charge in [-0.15, -0.1) is 0 Å². The van der Waals surface area contributed by atoms with Crippen LogP contribution in [0.15, 0.2) is 48.5 Å². The molecular formula is C22H19Cl2FN2O3. The second-order valence-corrected chi connectivity index (χ2v) is 7.60. The number of carbonyl (C=O) groups is 2. The molecule has 0 aliphatic rings. The molecule has 1 amide bonds. The third kappa shape index (κ3) is 4.66. The highest BCUT2D eigenvalue weighted by atomic mass is 35.5. The molecule has 1 heterocycles. The van der Waals surface area contributed by atoms with Gasteiger partial charge in [-0.25, -0.2) is 9.18 Å². The van der Waals surface area contributed by atoms with E-state index < -0.39 is 18.0 Å². The summed E-state index contributed by atoms with van der Waals surface area (Å²) in [5.74, 6) is -1.51. The van der Waals surface area contributed by atoms with E-state index in [0.29, 0.717) is 27.7 Å². The van der Waals surface area contributed by atoms with Crippen LogP contribution < -0.4 is 5.32 Å². The van der Waals surface area contributed by atoms with Crippen molar-refractivity contribution in [1.29, 1.82) is 0 Å². The van der Waals surface area contributed by atoms with Crippen molar-refractivity contribution in [1.82, 2.24) is 4.57 Å². The van der Waals surface area contributed by atoms with E-state index in [1.165, 1.54) is 25.1 Å². The normalized spacial score (nSPS) is 11.8.